The second kappa shape index (κ2) is 6.57. The van der Waals surface area contributed by atoms with Gasteiger partial charge in [-0.15, -0.1) is 0 Å². The Labute approximate surface area is 118 Å². The zero-order valence-electron chi connectivity index (χ0n) is 11.2. The summed E-state index contributed by atoms with van der Waals surface area (Å²) in [6.07, 6.45) is 1.19. The van der Waals surface area contributed by atoms with Gasteiger partial charge in [-0.1, -0.05) is 42.5 Å². The molecular weight excluding hydrogens is 252 g/mol. The van der Waals surface area contributed by atoms with Gasteiger partial charge in [0.1, 0.15) is 12.4 Å². The predicted octanol–water partition coefficient (Wildman–Crippen LogP) is 3.75. The topological polar surface area (TPSA) is 46.5 Å². The number of carboxylic acids is 1. The van der Waals surface area contributed by atoms with Crippen LogP contribution < -0.4 is 4.74 Å². The number of allylic oxidation sites excluding steroid dienone is 1. The zero-order chi connectivity index (χ0) is 14.4. The maximum Gasteiger partial charge on any atom is 0.328 e. The highest BCUT2D eigenvalue weighted by molar-refractivity contribution is 5.89. The SMILES string of the molecule is C/C(=C\C(=O)O)c1cccc(OCc2ccccc2)c1. The molecule has 0 aromatic heterocycles. The molecule has 2 rings (SSSR count). The summed E-state index contributed by atoms with van der Waals surface area (Å²) in [5.74, 6) is -0.220. The summed E-state index contributed by atoms with van der Waals surface area (Å²) in [5, 5.41) is 8.76. The van der Waals surface area contributed by atoms with Gasteiger partial charge in [0.2, 0.25) is 0 Å². The van der Waals surface area contributed by atoms with E-state index in [0.717, 1.165) is 16.9 Å². The fraction of sp³-hybridized carbons (Fsp3) is 0.118. The van der Waals surface area contributed by atoms with Crippen LogP contribution in [0, 0.1) is 0 Å². The standard InChI is InChI=1S/C17H16O3/c1-13(10-17(18)19)15-8-5-9-16(11-15)20-12-14-6-3-2-4-7-14/h2-11H,12H2,1H3,(H,18,19)/b13-10+. The van der Waals surface area contributed by atoms with Gasteiger partial charge in [-0.2, -0.15) is 0 Å². The summed E-state index contributed by atoms with van der Waals surface area (Å²) >= 11 is 0. The zero-order valence-corrected chi connectivity index (χ0v) is 11.2. The van der Waals surface area contributed by atoms with Gasteiger partial charge in [0.05, 0.1) is 0 Å². The van der Waals surface area contributed by atoms with Gasteiger partial charge in [0.15, 0.2) is 0 Å². The Balaban J connectivity index is 2.08. The van der Waals surface area contributed by atoms with Crippen LogP contribution in [-0.4, -0.2) is 11.1 Å². The monoisotopic (exact) mass is 268 g/mol. The third-order valence-electron chi connectivity index (χ3n) is 2.88. The molecule has 0 amide bonds. The maximum atomic E-state index is 10.7. The number of hydrogen-bond acceptors (Lipinski definition) is 2. The highest BCUT2D eigenvalue weighted by Crippen LogP contribution is 2.20. The molecule has 0 heterocycles. The number of aliphatic carboxylic acids is 1. The molecule has 3 heteroatoms. The minimum Gasteiger partial charge on any atom is -0.489 e. The lowest BCUT2D eigenvalue weighted by Gasteiger charge is -2.08. The largest absolute Gasteiger partial charge is 0.489 e. The third-order valence-corrected chi connectivity index (χ3v) is 2.88. The summed E-state index contributed by atoms with van der Waals surface area (Å²) in [6.45, 7) is 2.26. The molecule has 102 valence electrons. The van der Waals surface area contributed by atoms with Gasteiger partial charge < -0.3 is 9.84 Å². The highest BCUT2D eigenvalue weighted by atomic mass is 16.5. The van der Waals surface area contributed by atoms with E-state index >= 15 is 0 Å². The van der Waals surface area contributed by atoms with E-state index in [1.54, 1.807) is 6.92 Å². The molecule has 0 radical (unpaired) electrons. The van der Waals surface area contributed by atoms with Gasteiger partial charge in [-0.25, -0.2) is 4.79 Å². The molecule has 0 saturated heterocycles. The second-order valence-corrected chi connectivity index (χ2v) is 4.47. The Morgan fingerprint density at radius 2 is 1.90 bits per heavy atom. The molecule has 2 aromatic carbocycles. The van der Waals surface area contributed by atoms with Crippen molar-refractivity contribution in [1.82, 2.24) is 0 Å². The lowest BCUT2D eigenvalue weighted by Crippen LogP contribution is -1.96. The van der Waals surface area contributed by atoms with E-state index in [1.165, 1.54) is 6.08 Å². The molecule has 20 heavy (non-hydrogen) atoms. The molecule has 0 aliphatic heterocycles. The van der Waals surface area contributed by atoms with Crippen LogP contribution in [0.1, 0.15) is 18.1 Å². The number of rotatable bonds is 5. The van der Waals surface area contributed by atoms with Crippen molar-refractivity contribution in [3.8, 4) is 5.75 Å². The van der Waals surface area contributed by atoms with Gasteiger partial charge in [0, 0.05) is 6.08 Å². The summed E-state index contributed by atoms with van der Waals surface area (Å²) in [6, 6.07) is 17.3. The molecule has 0 aliphatic carbocycles. The molecule has 0 saturated carbocycles. The van der Waals surface area contributed by atoms with E-state index in [9.17, 15) is 4.79 Å². The van der Waals surface area contributed by atoms with Crippen molar-refractivity contribution < 1.29 is 14.6 Å². The quantitative estimate of drug-likeness (QED) is 0.840. The fourth-order valence-electron chi connectivity index (χ4n) is 1.84. The summed E-state index contributed by atoms with van der Waals surface area (Å²) in [4.78, 5) is 10.7. The maximum absolute atomic E-state index is 10.7. The van der Waals surface area contributed by atoms with Crippen molar-refractivity contribution >= 4 is 11.5 Å². The van der Waals surface area contributed by atoms with E-state index in [0.29, 0.717) is 12.2 Å². The lowest BCUT2D eigenvalue weighted by molar-refractivity contribution is -0.131. The van der Waals surface area contributed by atoms with E-state index in [4.69, 9.17) is 9.84 Å². The van der Waals surface area contributed by atoms with Crippen LogP contribution in [0.5, 0.6) is 5.75 Å². The molecule has 0 unspecified atom stereocenters. The lowest BCUT2D eigenvalue weighted by atomic mass is 10.1. The third kappa shape index (κ3) is 3.99. The van der Waals surface area contributed by atoms with Crippen LogP contribution in [-0.2, 0) is 11.4 Å². The highest BCUT2D eigenvalue weighted by Gasteiger charge is 2.01. The van der Waals surface area contributed by atoms with Gasteiger partial charge in [0.25, 0.3) is 0 Å². The van der Waals surface area contributed by atoms with E-state index < -0.39 is 5.97 Å². The number of benzene rings is 2. The molecule has 0 fully saturated rings. The van der Waals surface area contributed by atoms with Crippen molar-refractivity contribution in [2.24, 2.45) is 0 Å². The van der Waals surface area contributed by atoms with Crippen molar-refractivity contribution in [3.63, 3.8) is 0 Å². The van der Waals surface area contributed by atoms with Gasteiger partial charge >= 0.3 is 5.97 Å². The average molecular weight is 268 g/mol. The number of ether oxygens (including phenoxy) is 1. The summed E-state index contributed by atoms with van der Waals surface area (Å²) in [5.41, 5.74) is 2.64. The predicted molar refractivity (Wildman–Crippen MR) is 78.5 cm³/mol. The molecular formula is C17H16O3. The van der Waals surface area contributed by atoms with Crippen molar-refractivity contribution in [2.45, 2.75) is 13.5 Å². The van der Waals surface area contributed by atoms with Crippen LogP contribution in [0.25, 0.3) is 5.57 Å². The van der Waals surface area contributed by atoms with E-state index in [2.05, 4.69) is 0 Å². The molecule has 0 atom stereocenters. The molecule has 0 bridgehead atoms. The smallest absolute Gasteiger partial charge is 0.328 e. The Morgan fingerprint density at radius 1 is 1.15 bits per heavy atom. The fourth-order valence-corrected chi connectivity index (χ4v) is 1.84. The average Bonchev–Trinajstić information content (AvgIpc) is 2.46. The first kappa shape index (κ1) is 13.9. The Bertz CT molecular complexity index is 615. The number of hydrogen-bond donors (Lipinski definition) is 1. The minimum absolute atomic E-state index is 0.492. The Hall–Kier alpha value is -2.55. The molecule has 0 aliphatic rings. The second-order valence-electron chi connectivity index (χ2n) is 4.47. The normalized spacial score (nSPS) is 11.2. The first-order chi connectivity index (χ1) is 9.65. The van der Waals surface area contributed by atoms with Crippen molar-refractivity contribution in [2.75, 3.05) is 0 Å². The Kier molecular flexibility index (Phi) is 4.56. The van der Waals surface area contributed by atoms with Gasteiger partial charge in [-0.3, -0.25) is 0 Å². The van der Waals surface area contributed by atoms with Crippen molar-refractivity contribution in [1.29, 1.82) is 0 Å². The van der Waals surface area contributed by atoms with Gasteiger partial charge in [-0.05, 0) is 35.8 Å². The molecule has 1 N–H and O–H groups in total. The first-order valence-electron chi connectivity index (χ1n) is 6.33. The molecule has 0 spiro atoms. The van der Waals surface area contributed by atoms with E-state index in [-0.39, 0.29) is 0 Å². The van der Waals surface area contributed by atoms with E-state index in [1.807, 2.05) is 54.6 Å². The molecule has 3 nitrogen and oxygen atoms in total. The summed E-state index contributed by atoms with van der Waals surface area (Å²) < 4.78 is 5.71. The molecule has 2 aromatic rings. The Morgan fingerprint density at radius 3 is 2.60 bits per heavy atom. The van der Waals surface area contributed by atoms with Crippen LogP contribution in [0.3, 0.4) is 0 Å². The number of carboxylic acid groups (broad SMARTS) is 1. The first-order valence-corrected chi connectivity index (χ1v) is 6.33. The number of carbonyl (C=O) groups is 1. The van der Waals surface area contributed by atoms with Crippen LogP contribution in [0.2, 0.25) is 0 Å². The summed E-state index contributed by atoms with van der Waals surface area (Å²) in [7, 11) is 0. The minimum atomic E-state index is -0.946. The van der Waals surface area contributed by atoms with Crippen LogP contribution >= 0.6 is 0 Å². The van der Waals surface area contributed by atoms with Crippen molar-refractivity contribution in [3.05, 3.63) is 71.8 Å². The van der Waals surface area contributed by atoms with Crippen LogP contribution in [0.15, 0.2) is 60.7 Å². The van der Waals surface area contributed by atoms with Crippen LogP contribution in [0.4, 0.5) is 0 Å².